The Morgan fingerprint density at radius 3 is 2.94 bits per heavy atom. The number of ether oxygens (including phenoxy) is 1. The number of anilines is 1. The molecule has 7 heteroatoms. The van der Waals surface area contributed by atoms with Crippen LogP contribution in [-0.2, 0) is 4.74 Å². The minimum atomic E-state index is -1.09. The van der Waals surface area contributed by atoms with Crippen molar-refractivity contribution in [3.05, 3.63) is 11.6 Å². The average molecular weight is 246 g/mol. The second kappa shape index (κ2) is 5.07. The molecule has 1 aromatic heterocycles. The van der Waals surface area contributed by atoms with Crippen molar-refractivity contribution in [1.29, 1.82) is 0 Å². The summed E-state index contributed by atoms with van der Waals surface area (Å²) in [4.78, 5) is 4.02. The van der Waals surface area contributed by atoms with Crippen molar-refractivity contribution >= 4 is 16.5 Å². The lowest BCUT2D eigenvalue weighted by molar-refractivity contribution is -0.152. The lowest BCUT2D eigenvalue weighted by Crippen LogP contribution is -2.56. The molecule has 0 radical (unpaired) electrons. The van der Waals surface area contributed by atoms with E-state index < -0.39 is 24.4 Å². The second-order valence-electron chi connectivity index (χ2n) is 3.62. The summed E-state index contributed by atoms with van der Waals surface area (Å²) in [7, 11) is 0. The van der Waals surface area contributed by atoms with Gasteiger partial charge in [-0.05, 0) is 0 Å². The second-order valence-corrected chi connectivity index (χ2v) is 4.52. The molecule has 4 atom stereocenters. The van der Waals surface area contributed by atoms with Gasteiger partial charge in [0.2, 0.25) is 0 Å². The first-order valence-electron chi connectivity index (χ1n) is 4.97. The Hall–Kier alpha value is -0.730. The topological polar surface area (TPSA) is 94.8 Å². The predicted molar refractivity (Wildman–Crippen MR) is 58.4 cm³/mol. The smallest absolute Gasteiger partial charge is 0.182 e. The van der Waals surface area contributed by atoms with Gasteiger partial charge in [0.05, 0.1) is 19.3 Å². The van der Waals surface area contributed by atoms with Crippen LogP contribution >= 0.6 is 11.3 Å². The van der Waals surface area contributed by atoms with Crippen LogP contribution in [0.3, 0.4) is 0 Å². The highest BCUT2D eigenvalue weighted by Crippen LogP contribution is 2.20. The molecule has 1 fully saturated rings. The highest BCUT2D eigenvalue weighted by atomic mass is 32.1. The molecule has 0 unspecified atom stereocenters. The molecule has 4 N–H and O–H groups in total. The lowest BCUT2D eigenvalue weighted by Gasteiger charge is -2.37. The van der Waals surface area contributed by atoms with Crippen molar-refractivity contribution in [1.82, 2.24) is 4.98 Å². The van der Waals surface area contributed by atoms with Gasteiger partial charge in [-0.25, -0.2) is 4.98 Å². The van der Waals surface area contributed by atoms with Gasteiger partial charge in [0, 0.05) is 11.6 Å². The Morgan fingerprint density at radius 1 is 1.50 bits per heavy atom. The molecule has 0 spiro atoms. The minimum absolute atomic E-state index is 0.225. The van der Waals surface area contributed by atoms with E-state index >= 15 is 0 Å². The molecule has 1 aliphatic heterocycles. The largest absolute Gasteiger partial charge is 0.394 e. The Morgan fingerprint density at radius 2 is 2.31 bits per heavy atom. The van der Waals surface area contributed by atoms with E-state index in [2.05, 4.69) is 10.3 Å². The predicted octanol–water partition coefficient (Wildman–Crippen LogP) is -0.964. The van der Waals surface area contributed by atoms with Crippen LogP contribution < -0.4 is 5.32 Å². The van der Waals surface area contributed by atoms with Crippen LogP contribution in [0.25, 0.3) is 0 Å². The van der Waals surface area contributed by atoms with E-state index in [9.17, 15) is 10.2 Å². The molecule has 90 valence electrons. The summed E-state index contributed by atoms with van der Waals surface area (Å²) in [5.41, 5.74) is 0. The van der Waals surface area contributed by atoms with Crippen molar-refractivity contribution in [2.45, 2.75) is 24.4 Å². The molecular weight excluding hydrogens is 232 g/mol. The van der Waals surface area contributed by atoms with Crippen LogP contribution in [0.4, 0.5) is 5.13 Å². The molecule has 0 saturated carbocycles. The fourth-order valence-corrected chi connectivity index (χ4v) is 2.22. The molecule has 0 aromatic carbocycles. The molecule has 1 aromatic rings. The van der Waals surface area contributed by atoms with Gasteiger partial charge in [-0.3, -0.25) is 0 Å². The monoisotopic (exact) mass is 246 g/mol. The summed E-state index contributed by atoms with van der Waals surface area (Å²) in [6.45, 7) is -0.0781. The van der Waals surface area contributed by atoms with Crippen LogP contribution in [-0.4, -0.2) is 57.9 Å². The van der Waals surface area contributed by atoms with E-state index in [0.29, 0.717) is 5.13 Å². The first-order valence-corrected chi connectivity index (χ1v) is 5.85. The van der Waals surface area contributed by atoms with Crippen molar-refractivity contribution in [2.75, 3.05) is 18.5 Å². The Balaban J connectivity index is 1.97. The van der Waals surface area contributed by atoms with Gasteiger partial charge >= 0.3 is 0 Å². The van der Waals surface area contributed by atoms with Crippen LogP contribution in [0.15, 0.2) is 11.6 Å². The van der Waals surface area contributed by atoms with Crippen LogP contribution in [0.5, 0.6) is 0 Å². The highest BCUT2D eigenvalue weighted by Gasteiger charge is 2.38. The third-order valence-electron chi connectivity index (χ3n) is 2.55. The molecular formula is C9H14N2O4S. The standard InChI is InChI=1S/C9H14N2O4S/c12-3-6-8(14)7(13)5(4-15-6)11-9-10-1-2-16-9/h1-2,5-8,12-14H,3-4H2,(H,10,11)/t5-,6-,7-,8+/m1/s1. The zero-order chi connectivity index (χ0) is 11.5. The molecule has 2 rings (SSSR count). The Bertz CT molecular complexity index is 321. The number of rotatable bonds is 3. The highest BCUT2D eigenvalue weighted by molar-refractivity contribution is 7.13. The van der Waals surface area contributed by atoms with Gasteiger partial charge in [-0.15, -0.1) is 11.3 Å². The summed E-state index contributed by atoms with van der Waals surface area (Å²) in [6, 6.07) is -0.413. The third-order valence-corrected chi connectivity index (χ3v) is 3.26. The molecule has 0 aliphatic carbocycles. The number of nitrogens with zero attached hydrogens (tertiary/aromatic N) is 1. The van der Waals surface area contributed by atoms with E-state index in [1.54, 1.807) is 6.20 Å². The summed E-state index contributed by atoms with van der Waals surface area (Å²) in [6.07, 6.45) is -1.13. The van der Waals surface area contributed by atoms with Crippen molar-refractivity contribution in [2.24, 2.45) is 0 Å². The maximum absolute atomic E-state index is 9.81. The van der Waals surface area contributed by atoms with Gasteiger partial charge in [0.15, 0.2) is 5.13 Å². The summed E-state index contributed by atoms with van der Waals surface area (Å²) in [5.74, 6) is 0. The van der Waals surface area contributed by atoms with Crippen molar-refractivity contribution < 1.29 is 20.1 Å². The third kappa shape index (κ3) is 2.33. The van der Waals surface area contributed by atoms with Gasteiger partial charge in [-0.1, -0.05) is 0 Å². The maximum atomic E-state index is 9.81. The number of aliphatic hydroxyl groups is 3. The molecule has 6 nitrogen and oxygen atoms in total. The number of aromatic nitrogens is 1. The normalized spacial score (nSPS) is 34.9. The molecule has 0 amide bonds. The quantitative estimate of drug-likeness (QED) is 0.548. The number of nitrogens with one attached hydrogen (secondary N) is 1. The SMILES string of the molecule is OC[C@H]1OC[C@@H](Nc2nccs2)[C@@H](O)[C@H]1O. The van der Waals surface area contributed by atoms with E-state index in [4.69, 9.17) is 9.84 Å². The number of hydrogen-bond acceptors (Lipinski definition) is 7. The molecule has 0 bridgehead atoms. The average Bonchev–Trinajstić information content (AvgIpc) is 2.78. The molecule has 16 heavy (non-hydrogen) atoms. The van der Waals surface area contributed by atoms with Crippen LogP contribution in [0.1, 0.15) is 0 Å². The first-order chi connectivity index (χ1) is 7.72. The van der Waals surface area contributed by atoms with E-state index in [1.165, 1.54) is 11.3 Å². The Kier molecular flexibility index (Phi) is 3.72. The maximum Gasteiger partial charge on any atom is 0.182 e. The minimum Gasteiger partial charge on any atom is -0.394 e. The number of hydrogen-bond donors (Lipinski definition) is 4. The van der Waals surface area contributed by atoms with Crippen LogP contribution in [0.2, 0.25) is 0 Å². The first kappa shape index (κ1) is 11.7. The van der Waals surface area contributed by atoms with Crippen molar-refractivity contribution in [3.63, 3.8) is 0 Å². The lowest BCUT2D eigenvalue weighted by atomic mass is 9.99. The van der Waals surface area contributed by atoms with Gasteiger partial charge in [0.1, 0.15) is 18.3 Å². The van der Waals surface area contributed by atoms with E-state index in [-0.39, 0.29) is 13.2 Å². The fourth-order valence-electron chi connectivity index (χ4n) is 1.62. The van der Waals surface area contributed by atoms with E-state index in [0.717, 1.165) is 0 Å². The molecule has 1 aliphatic rings. The zero-order valence-corrected chi connectivity index (χ0v) is 9.30. The van der Waals surface area contributed by atoms with E-state index in [1.807, 2.05) is 5.38 Å². The van der Waals surface area contributed by atoms with Gasteiger partial charge in [0.25, 0.3) is 0 Å². The number of thiazole rings is 1. The molecule has 1 saturated heterocycles. The molecule has 2 heterocycles. The van der Waals surface area contributed by atoms with Gasteiger partial charge < -0.3 is 25.4 Å². The summed E-state index contributed by atoms with van der Waals surface area (Å²) >= 11 is 1.41. The summed E-state index contributed by atoms with van der Waals surface area (Å²) < 4.78 is 5.23. The van der Waals surface area contributed by atoms with Crippen LogP contribution in [0, 0.1) is 0 Å². The van der Waals surface area contributed by atoms with Crippen molar-refractivity contribution in [3.8, 4) is 0 Å². The Labute approximate surface area is 96.5 Å². The summed E-state index contributed by atoms with van der Waals surface area (Å²) in [5, 5.41) is 33.8. The van der Waals surface area contributed by atoms with Gasteiger partial charge in [-0.2, -0.15) is 0 Å². The fraction of sp³-hybridized carbons (Fsp3) is 0.667. The zero-order valence-electron chi connectivity index (χ0n) is 8.48. The number of aliphatic hydroxyl groups excluding tert-OH is 3.